The minimum Gasteiger partial charge on any atom is -0.497 e. The maximum Gasteiger partial charge on any atom is 0.324 e. The van der Waals surface area contributed by atoms with Crippen LogP contribution in [0.1, 0.15) is 6.92 Å². The van der Waals surface area contributed by atoms with Gasteiger partial charge >= 0.3 is 6.03 Å². The third kappa shape index (κ3) is 3.92. The van der Waals surface area contributed by atoms with Crippen LogP contribution in [0.25, 0.3) is 0 Å². The van der Waals surface area contributed by atoms with Crippen molar-refractivity contribution in [2.45, 2.75) is 17.9 Å². The van der Waals surface area contributed by atoms with Gasteiger partial charge in [-0.1, -0.05) is 0 Å². The van der Waals surface area contributed by atoms with Crippen LogP contribution in [0.3, 0.4) is 0 Å². The van der Waals surface area contributed by atoms with Gasteiger partial charge in [0, 0.05) is 13.1 Å². The van der Waals surface area contributed by atoms with Gasteiger partial charge in [-0.05, 0) is 31.2 Å². The van der Waals surface area contributed by atoms with Gasteiger partial charge in [0.2, 0.25) is 10.0 Å². The Morgan fingerprint density at radius 1 is 1.19 bits per heavy atom. The lowest BCUT2D eigenvalue weighted by Crippen LogP contribution is -3.19. The largest absolute Gasteiger partial charge is 0.497 e. The number of methoxy groups -OCH3 is 1. The Kier molecular flexibility index (Phi) is 5.68. The van der Waals surface area contributed by atoms with Crippen molar-refractivity contribution in [3.05, 3.63) is 24.3 Å². The number of amides is 3. The lowest BCUT2D eigenvalue weighted by atomic mass is 10.2. The molecule has 2 fully saturated rings. The molecule has 2 saturated heterocycles. The summed E-state index contributed by atoms with van der Waals surface area (Å²) in [6, 6.07) is 5.57. The second kappa shape index (κ2) is 7.83. The predicted molar refractivity (Wildman–Crippen MR) is 97.0 cm³/mol. The molecule has 0 saturated carbocycles. The van der Waals surface area contributed by atoms with E-state index < -0.39 is 10.0 Å². The molecule has 1 aromatic rings. The Morgan fingerprint density at radius 3 is 2.33 bits per heavy atom. The zero-order chi connectivity index (χ0) is 19.6. The summed E-state index contributed by atoms with van der Waals surface area (Å²) >= 11 is 0. The number of piperazine rings is 1. The minimum absolute atomic E-state index is 0.216. The van der Waals surface area contributed by atoms with Crippen LogP contribution < -0.4 is 15.0 Å². The molecule has 0 bridgehead atoms. The topological polar surface area (TPSA) is 100 Å². The second-order valence-corrected chi connectivity index (χ2v) is 8.62. The number of nitrogens with zero attached hydrogens (tertiary/aromatic N) is 2. The van der Waals surface area contributed by atoms with Gasteiger partial charge < -0.3 is 15.0 Å². The van der Waals surface area contributed by atoms with Crippen molar-refractivity contribution in [3.63, 3.8) is 0 Å². The molecule has 3 amide bonds. The van der Waals surface area contributed by atoms with Crippen molar-refractivity contribution in [2.75, 3.05) is 46.4 Å². The van der Waals surface area contributed by atoms with E-state index in [0.717, 1.165) is 4.90 Å². The lowest BCUT2D eigenvalue weighted by molar-refractivity contribution is -0.917. The van der Waals surface area contributed by atoms with Gasteiger partial charge in [0.1, 0.15) is 5.75 Å². The minimum atomic E-state index is -3.58. The third-order valence-electron chi connectivity index (χ3n) is 5.17. The van der Waals surface area contributed by atoms with Crippen molar-refractivity contribution in [1.82, 2.24) is 14.5 Å². The molecule has 2 heterocycles. The van der Waals surface area contributed by atoms with Gasteiger partial charge in [0.05, 0.1) is 38.2 Å². The molecular formula is C17H25N4O5S+. The van der Waals surface area contributed by atoms with Crippen LogP contribution in [0.15, 0.2) is 29.2 Å². The second-order valence-electron chi connectivity index (χ2n) is 6.68. The molecule has 9 nitrogen and oxygen atoms in total. The number of urea groups is 1. The van der Waals surface area contributed by atoms with Crippen molar-refractivity contribution in [3.8, 4) is 5.75 Å². The fourth-order valence-corrected chi connectivity index (χ4v) is 4.88. The standard InChI is InChI=1S/C17H24N4O5S/c1-13(16(22)21-8-7-18-17(21)23)19-9-11-20(12-10-19)27(24,25)15-5-3-14(26-2)4-6-15/h3-6,13H,7-12H2,1-2H3,(H,18,23)/p+1/t13-/m0/s1. The van der Waals surface area contributed by atoms with Gasteiger partial charge in [-0.2, -0.15) is 4.31 Å². The molecule has 148 valence electrons. The summed E-state index contributed by atoms with van der Waals surface area (Å²) in [5.74, 6) is 0.382. The van der Waals surface area contributed by atoms with E-state index in [-0.39, 0.29) is 22.9 Å². The van der Waals surface area contributed by atoms with E-state index >= 15 is 0 Å². The first-order valence-electron chi connectivity index (χ1n) is 8.92. The molecule has 0 unspecified atom stereocenters. The zero-order valence-corrected chi connectivity index (χ0v) is 16.3. The third-order valence-corrected chi connectivity index (χ3v) is 7.08. The van der Waals surface area contributed by atoms with Crippen LogP contribution in [0.2, 0.25) is 0 Å². The highest BCUT2D eigenvalue weighted by molar-refractivity contribution is 7.89. The van der Waals surface area contributed by atoms with Crippen molar-refractivity contribution < 1.29 is 27.6 Å². The fraction of sp³-hybridized carbons (Fsp3) is 0.529. The number of carbonyl (C=O) groups excluding carboxylic acids is 2. The van der Waals surface area contributed by atoms with Crippen molar-refractivity contribution >= 4 is 22.0 Å². The summed E-state index contributed by atoms with van der Waals surface area (Å²) in [4.78, 5) is 26.6. The van der Waals surface area contributed by atoms with E-state index in [1.807, 2.05) is 0 Å². The Bertz CT molecular complexity index is 803. The maximum absolute atomic E-state index is 12.8. The Morgan fingerprint density at radius 2 is 1.81 bits per heavy atom. The van der Waals surface area contributed by atoms with E-state index in [2.05, 4.69) is 5.32 Å². The lowest BCUT2D eigenvalue weighted by Gasteiger charge is -2.34. The molecule has 1 aromatic carbocycles. The van der Waals surface area contributed by atoms with Gasteiger partial charge in [0.25, 0.3) is 5.91 Å². The fourth-order valence-electron chi connectivity index (χ4n) is 3.43. The van der Waals surface area contributed by atoms with Crippen LogP contribution in [0, 0.1) is 0 Å². The summed E-state index contributed by atoms with van der Waals surface area (Å²) in [6.45, 7) is 4.32. The van der Waals surface area contributed by atoms with Crippen LogP contribution in [-0.4, -0.2) is 82.0 Å². The Hall–Kier alpha value is -2.17. The first-order valence-corrected chi connectivity index (χ1v) is 10.4. The first-order chi connectivity index (χ1) is 12.8. The van der Waals surface area contributed by atoms with E-state index in [1.165, 1.54) is 28.4 Å². The number of imide groups is 1. The number of nitrogens with one attached hydrogen (secondary N) is 2. The van der Waals surface area contributed by atoms with Gasteiger partial charge in [-0.25, -0.2) is 13.2 Å². The number of rotatable bonds is 5. The van der Waals surface area contributed by atoms with Gasteiger partial charge in [-0.15, -0.1) is 0 Å². The molecule has 2 aliphatic heterocycles. The predicted octanol–water partition coefficient (Wildman–Crippen LogP) is -1.48. The highest BCUT2D eigenvalue weighted by Crippen LogP contribution is 2.19. The number of ether oxygens (including phenoxy) is 1. The van der Waals surface area contributed by atoms with Crippen LogP contribution in [0.4, 0.5) is 4.79 Å². The maximum atomic E-state index is 12.8. The monoisotopic (exact) mass is 397 g/mol. The zero-order valence-electron chi connectivity index (χ0n) is 15.5. The average Bonchev–Trinajstić information content (AvgIpc) is 3.12. The van der Waals surface area contributed by atoms with Crippen molar-refractivity contribution in [1.29, 1.82) is 0 Å². The molecule has 2 N–H and O–H groups in total. The molecule has 3 rings (SSSR count). The molecule has 0 aromatic heterocycles. The molecule has 0 spiro atoms. The molecule has 2 aliphatic rings. The van der Waals surface area contributed by atoms with E-state index in [0.29, 0.717) is 45.0 Å². The SMILES string of the molecule is COc1ccc(S(=O)(=O)N2CC[NH+]([C@@H](C)C(=O)N3CCNC3=O)CC2)cc1. The quantitative estimate of drug-likeness (QED) is 0.632. The molecular weight excluding hydrogens is 372 g/mol. The summed E-state index contributed by atoms with van der Waals surface area (Å²) in [7, 11) is -2.05. The van der Waals surface area contributed by atoms with Gasteiger partial charge in [0.15, 0.2) is 6.04 Å². The first kappa shape index (κ1) is 19.6. The number of sulfonamides is 1. The average molecular weight is 397 g/mol. The van der Waals surface area contributed by atoms with Crippen LogP contribution in [0.5, 0.6) is 5.75 Å². The normalized spacial score (nSPS) is 20.4. The summed E-state index contributed by atoms with van der Waals surface area (Å²) in [6.07, 6.45) is 0. The van der Waals surface area contributed by atoms with Crippen molar-refractivity contribution in [2.24, 2.45) is 0 Å². The molecule has 0 aliphatic carbocycles. The van der Waals surface area contributed by atoms with Crippen LogP contribution >= 0.6 is 0 Å². The molecule has 1 atom stereocenters. The highest BCUT2D eigenvalue weighted by atomic mass is 32.2. The number of quaternary nitrogens is 1. The summed E-state index contributed by atoms with van der Waals surface area (Å²) in [5.41, 5.74) is 0. The smallest absolute Gasteiger partial charge is 0.324 e. The number of hydrogen-bond donors (Lipinski definition) is 2. The summed E-state index contributed by atoms with van der Waals surface area (Å²) < 4.78 is 32.1. The number of hydrogen-bond acceptors (Lipinski definition) is 5. The highest BCUT2D eigenvalue weighted by Gasteiger charge is 2.38. The molecule has 27 heavy (non-hydrogen) atoms. The molecule has 0 radical (unpaired) electrons. The molecule has 10 heteroatoms. The Labute approximate surface area is 158 Å². The van der Waals surface area contributed by atoms with E-state index in [1.54, 1.807) is 19.1 Å². The van der Waals surface area contributed by atoms with Crippen LogP contribution in [-0.2, 0) is 14.8 Å². The summed E-state index contributed by atoms with van der Waals surface area (Å²) in [5, 5.41) is 2.62. The Balaban J connectivity index is 1.62. The van der Waals surface area contributed by atoms with Gasteiger partial charge in [-0.3, -0.25) is 9.69 Å². The number of benzene rings is 1. The van der Waals surface area contributed by atoms with E-state index in [9.17, 15) is 18.0 Å². The van der Waals surface area contributed by atoms with E-state index in [4.69, 9.17) is 4.74 Å². The number of carbonyl (C=O) groups is 2.